The third kappa shape index (κ3) is 4.07. The number of likely N-dealkylation sites (N-methyl/N-ethyl adjacent to an activating group) is 1. The molecule has 0 aliphatic rings. The van der Waals surface area contributed by atoms with Crippen molar-refractivity contribution < 1.29 is 9.69 Å². The minimum Gasteiger partial charge on any atom is -0.346 e. The molecule has 114 valence electrons. The molecule has 5 heteroatoms. The van der Waals surface area contributed by atoms with Gasteiger partial charge in [-0.05, 0) is 26.7 Å². The minimum atomic E-state index is -0.119. The molecule has 0 unspecified atom stereocenters. The Kier molecular flexibility index (Phi) is 5.34. The standard InChI is InChI=1S/C15H28N4O/c1-11(2)13-12(10-17-19(13)15(3,4)5)14(20)16-8-9-18(6)7/h10-11H,8-9H2,1-7H3,(H,16,20)/p+1. The Morgan fingerprint density at radius 2 is 2.00 bits per heavy atom. The SMILES string of the molecule is CC(C)c1c(C(=O)NCC[NH+](C)C)cnn1C(C)(C)C. The normalized spacial score (nSPS) is 12.2. The molecule has 5 nitrogen and oxygen atoms in total. The smallest absolute Gasteiger partial charge is 0.254 e. The van der Waals surface area contributed by atoms with E-state index in [-0.39, 0.29) is 17.4 Å². The van der Waals surface area contributed by atoms with Crippen LogP contribution in [-0.4, -0.2) is 42.9 Å². The molecule has 0 spiro atoms. The molecule has 0 aliphatic carbocycles. The third-order valence-corrected chi connectivity index (χ3v) is 3.14. The second-order valence-corrected chi connectivity index (χ2v) is 6.89. The Hall–Kier alpha value is -1.36. The molecule has 1 aromatic heterocycles. The van der Waals surface area contributed by atoms with Crippen LogP contribution in [0.2, 0.25) is 0 Å². The van der Waals surface area contributed by atoms with Crippen molar-refractivity contribution in [2.75, 3.05) is 27.2 Å². The highest BCUT2D eigenvalue weighted by Gasteiger charge is 2.25. The van der Waals surface area contributed by atoms with Gasteiger partial charge in [0.15, 0.2) is 0 Å². The first-order chi connectivity index (χ1) is 9.14. The lowest BCUT2D eigenvalue weighted by atomic mass is 10.0. The van der Waals surface area contributed by atoms with Crippen molar-refractivity contribution in [2.45, 2.75) is 46.1 Å². The first-order valence-corrected chi connectivity index (χ1v) is 7.30. The van der Waals surface area contributed by atoms with Crippen molar-refractivity contribution in [1.82, 2.24) is 15.1 Å². The molecule has 1 rings (SSSR count). The van der Waals surface area contributed by atoms with Crippen LogP contribution in [0.3, 0.4) is 0 Å². The fourth-order valence-electron chi connectivity index (χ4n) is 2.14. The predicted octanol–water partition coefficient (Wildman–Crippen LogP) is 0.636. The Morgan fingerprint density at radius 1 is 1.40 bits per heavy atom. The number of rotatable bonds is 5. The van der Waals surface area contributed by atoms with Gasteiger partial charge in [-0.1, -0.05) is 13.8 Å². The van der Waals surface area contributed by atoms with Gasteiger partial charge in [0.05, 0.1) is 50.2 Å². The van der Waals surface area contributed by atoms with Crippen molar-refractivity contribution in [1.29, 1.82) is 0 Å². The third-order valence-electron chi connectivity index (χ3n) is 3.14. The molecule has 0 saturated heterocycles. The maximum atomic E-state index is 12.3. The maximum absolute atomic E-state index is 12.3. The first kappa shape index (κ1) is 16.7. The average Bonchev–Trinajstić information content (AvgIpc) is 2.72. The van der Waals surface area contributed by atoms with Gasteiger partial charge in [-0.2, -0.15) is 5.10 Å². The van der Waals surface area contributed by atoms with Crippen LogP contribution in [0.15, 0.2) is 6.20 Å². The maximum Gasteiger partial charge on any atom is 0.254 e. The van der Waals surface area contributed by atoms with Crippen molar-refractivity contribution in [3.05, 3.63) is 17.5 Å². The topological polar surface area (TPSA) is 51.4 Å². The molecule has 20 heavy (non-hydrogen) atoms. The fraction of sp³-hybridized carbons (Fsp3) is 0.733. The molecule has 0 atom stereocenters. The number of hydrogen-bond acceptors (Lipinski definition) is 2. The number of carbonyl (C=O) groups is 1. The number of quaternary nitrogens is 1. The number of carbonyl (C=O) groups excluding carboxylic acids is 1. The van der Waals surface area contributed by atoms with E-state index < -0.39 is 0 Å². The Labute approximate surface area is 122 Å². The molecule has 0 aliphatic heterocycles. The monoisotopic (exact) mass is 281 g/mol. The highest BCUT2D eigenvalue weighted by molar-refractivity contribution is 5.95. The summed E-state index contributed by atoms with van der Waals surface area (Å²) in [5.74, 6) is 0.238. The van der Waals surface area contributed by atoms with Gasteiger partial charge in [0, 0.05) is 0 Å². The van der Waals surface area contributed by atoms with Crippen LogP contribution in [0, 0.1) is 0 Å². The molecular formula is C15H29N4O+. The minimum absolute atomic E-state index is 0.0227. The molecule has 0 saturated carbocycles. The lowest BCUT2D eigenvalue weighted by Gasteiger charge is -2.24. The lowest BCUT2D eigenvalue weighted by Crippen LogP contribution is -3.06. The molecular weight excluding hydrogens is 252 g/mol. The summed E-state index contributed by atoms with van der Waals surface area (Å²) in [6.45, 7) is 12.1. The van der Waals surface area contributed by atoms with Crippen LogP contribution >= 0.6 is 0 Å². The van der Waals surface area contributed by atoms with E-state index in [9.17, 15) is 4.79 Å². The van der Waals surface area contributed by atoms with Crippen molar-refractivity contribution >= 4 is 5.91 Å². The zero-order valence-corrected chi connectivity index (χ0v) is 13.9. The van der Waals surface area contributed by atoms with E-state index in [0.717, 1.165) is 12.2 Å². The highest BCUT2D eigenvalue weighted by atomic mass is 16.1. The van der Waals surface area contributed by atoms with Gasteiger partial charge >= 0.3 is 0 Å². The molecule has 0 fully saturated rings. The van der Waals surface area contributed by atoms with E-state index in [1.807, 2.05) is 4.68 Å². The number of nitrogens with one attached hydrogen (secondary N) is 2. The number of hydrogen-bond donors (Lipinski definition) is 2. The Bertz CT molecular complexity index is 455. The van der Waals surface area contributed by atoms with Gasteiger partial charge < -0.3 is 10.2 Å². The zero-order chi connectivity index (χ0) is 15.5. The van der Waals surface area contributed by atoms with E-state index in [2.05, 4.69) is 59.1 Å². The van der Waals surface area contributed by atoms with Gasteiger partial charge in [-0.3, -0.25) is 9.48 Å². The van der Waals surface area contributed by atoms with E-state index in [4.69, 9.17) is 0 Å². The van der Waals surface area contributed by atoms with Crippen LogP contribution < -0.4 is 10.2 Å². The Morgan fingerprint density at radius 3 is 2.45 bits per heavy atom. The summed E-state index contributed by atoms with van der Waals surface area (Å²) < 4.78 is 1.96. The second-order valence-electron chi connectivity index (χ2n) is 6.89. The predicted molar refractivity (Wildman–Crippen MR) is 81.3 cm³/mol. The van der Waals surface area contributed by atoms with Gasteiger partial charge in [0.1, 0.15) is 0 Å². The van der Waals surface area contributed by atoms with Gasteiger partial charge in [-0.15, -0.1) is 0 Å². The average molecular weight is 281 g/mol. The van der Waals surface area contributed by atoms with Crippen LogP contribution in [-0.2, 0) is 5.54 Å². The highest BCUT2D eigenvalue weighted by Crippen LogP contribution is 2.25. The van der Waals surface area contributed by atoms with Gasteiger partial charge in [0.2, 0.25) is 0 Å². The van der Waals surface area contributed by atoms with Crippen molar-refractivity contribution in [2.24, 2.45) is 0 Å². The molecule has 2 N–H and O–H groups in total. The van der Waals surface area contributed by atoms with Gasteiger partial charge in [0.25, 0.3) is 5.91 Å². The fourth-order valence-corrected chi connectivity index (χ4v) is 2.14. The van der Waals surface area contributed by atoms with Crippen LogP contribution in [0.5, 0.6) is 0 Å². The van der Waals surface area contributed by atoms with E-state index in [1.54, 1.807) is 6.20 Å². The quantitative estimate of drug-likeness (QED) is 0.832. The first-order valence-electron chi connectivity index (χ1n) is 7.30. The summed E-state index contributed by atoms with van der Waals surface area (Å²) in [4.78, 5) is 13.6. The molecule has 1 amide bonds. The van der Waals surface area contributed by atoms with Crippen LogP contribution in [0.4, 0.5) is 0 Å². The van der Waals surface area contributed by atoms with E-state index >= 15 is 0 Å². The van der Waals surface area contributed by atoms with E-state index in [1.165, 1.54) is 4.90 Å². The van der Waals surface area contributed by atoms with Crippen molar-refractivity contribution in [3.8, 4) is 0 Å². The number of nitrogens with zero attached hydrogens (tertiary/aromatic N) is 2. The molecule has 0 aromatic carbocycles. The van der Waals surface area contributed by atoms with Gasteiger partial charge in [-0.25, -0.2) is 0 Å². The molecule has 1 aromatic rings. The summed E-state index contributed by atoms with van der Waals surface area (Å²) in [5, 5.41) is 7.40. The van der Waals surface area contributed by atoms with Crippen molar-refractivity contribution in [3.63, 3.8) is 0 Å². The Balaban J connectivity index is 2.95. The van der Waals surface area contributed by atoms with Crippen LogP contribution in [0.1, 0.15) is 56.6 Å². The molecule has 0 radical (unpaired) electrons. The molecule has 0 bridgehead atoms. The summed E-state index contributed by atoms with van der Waals surface area (Å²) in [6.07, 6.45) is 1.69. The lowest BCUT2D eigenvalue weighted by molar-refractivity contribution is -0.856. The summed E-state index contributed by atoms with van der Waals surface area (Å²) in [5.41, 5.74) is 1.59. The van der Waals surface area contributed by atoms with Crippen LogP contribution in [0.25, 0.3) is 0 Å². The number of amides is 1. The zero-order valence-electron chi connectivity index (χ0n) is 13.9. The summed E-state index contributed by atoms with van der Waals surface area (Å²) in [6, 6.07) is 0. The van der Waals surface area contributed by atoms with E-state index in [0.29, 0.717) is 12.1 Å². The summed E-state index contributed by atoms with van der Waals surface area (Å²) >= 11 is 0. The summed E-state index contributed by atoms with van der Waals surface area (Å²) in [7, 11) is 4.15. The second kappa shape index (κ2) is 6.39. The largest absolute Gasteiger partial charge is 0.346 e. The number of aromatic nitrogens is 2. The molecule has 1 heterocycles.